The summed E-state index contributed by atoms with van der Waals surface area (Å²) in [5.74, 6) is -0.308. The molecule has 5 heteroatoms. The Hall–Kier alpha value is -1.39. The minimum atomic E-state index is -0.308. The lowest BCUT2D eigenvalue weighted by atomic mass is 10.2. The number of hydrogen-bond acceptors (Lipinski definition) is 2. The van der Waals surface area contributed by atoms with Gasteiger partial charge in [-0.05, 0) is 30.7 Å². The maximum Gasteiger partial charge on any atom is 0.125 e. The van der Waals surface area contributed by atoms with Crippen molar-refractivity contribution < 1.29 is 4.39 Å². The Morgan fingerprint density at radius 3 is 2.72 bits per heavy atom. The highest BCUT2D eigenvalue weighted by Crippen LogP contribution is 2.14. The van der Waals surface area contributed by atoms with Gasteiger partial charge in [-0.25, -0.2) is 4.39 Å². The van der Waals surface area contributed by atoms with E-state index in [1.165, 1.54) is 12.1 Å². The summed E-state index contributed by atoms with van der Waals surface area (Å²) >= 11 is 5.79. The molecule has 1 aromatic heterocycles. The quantitative estimate of drug-likeness (QED) is 0.923. The van der Waals surface area contributed by atoms with Gasteiger partial charge in [0.25, 0.3) is 0 Å². The summed E-state index contributed by atoms with van der Waals surface area (Å²) in [5.41, 5.74) is 3.10. The number of aromatic nitrogens is 2. The number of nitrogens with zero attached hydrogens (tertiary/aromatic N) is 2. The third-order valence-electron chi connectivity index (χ3n) is 2.90. The topological polar surface area (TPSA) is 29.9 Å². The second kappa shape index (κ2) is 5.50. The van der Waals surface area contributed by atoms with Crippen molar-refractivity contribution in [2.45, 2.75) is 20.0 Å². The number of benzene rings is 1. The van der Waals surface area contributed by atoms with Crippen LogP contribution in [0.25, 0.3) is 0 Å². The predicted molar refractivity (Wildman–Crippen MR) is 69.9 cm³/mol. The normalized spacial score (nSPS) is 10.9. The van der Waals surface area contributed by atoms with E-state index in [2.05, 4.69) is 10.4 Å². The third kappa shape index (κ3) is 3.09. The van der Waals surface area contributed by atoms with Crippen molar-refractivity contribution in [3.05, 3.63) is 52.1 Å². The lowest BCUT2D eigenvalue weighted by Crippen LogP contribution is -2.13. The van der Waals surface area contributed by atoms with Gasteiger partial charge in [-0.15, -0.1) is 0 Å². The Balaban J connectivity index is 1.94. The molecule has 2 aromatic rings. The molecule has 0 radical (unpaired) electrons. The minimum Gasteiger partial charge on any atom is -0.308 e. The Kier molecular flexibility index (Phi) is 3.99. The maximum atomic E-state index is 13.1. The first kappa shape index (κ1) is 13.1. The van der Waals surface area contributed by atoms with Crippen LogP contribution in [0.4, 0.5) is 4.39 Å². The van der Waals surface area contributed by atoms with E-state index < -0.39 is 0 Å². The average molecular weight is 268 g/mol. The summed E-state index contributed by atoms with van der Waals surface area (Å²) in [6, 6.07) is 4.54. The second-order valence-electron chi connectivity index (χ2n) is 4.26. The molecule has 0 fully saturated rings. The summed E-state index contributed by atoms with van der Waals surface area (Å²) in [7, 11) is 1.91. The predicted octanol–water partition coefficient (Wildman–Crippen LogP) is 2.81. The van der Waals surface area contributed by atoms with Crippen LogP contribution in [0.15, 0.2) is 24.4 Å². The van der Waals surface area contributed by atoms with Gasteiger partial charge in [0.15, 0.2) is 0 Å². The van der Waals surface area contributed by atoms with Gasteiger partial charge in [-0.1, -0.05) is 11.6 Å². The van der Waals surface area contributed by atoms with Crippen LogP contribution in [0.3, 0.4) is 0 Å². The molecule has 1 N–H and O–H groups in total. The van der Waals surface area contributed by atoms with Crippen LogP contribution in [0.2, 0.25) is 5.02 Å². The van der Waals surface area contributed by atoms with Crippen LogP contribution >= 0.6 is 11.6 Å². The van der Waals surface area contributed by atoms with E-state index in [0.717, 1.165) is 16.8 Å². The monoisotopic (exact) mass is 267 g/mol. The van der Waals surface area contributed by atoms with Gasteiger partial charge in [-0.2, -0.15) is 5.10 Å². The molecule has 0 spiro atoms. The Morgan fingerprint density at radius 1 is 1.33 bits per heavy atom. The van der Waals surface area contributed by atoms with Gasteiger partial charge < -0.3 is 5.32 Å². The van der Waals surface area contributed by atoms with Crippen LogP contribution < -0.4 is 5.32 Å². The lowest BCUT2D eigenvalue weighted by molar-refractivity contribution is 0.620. The van der Waals surface area contributed by atoms with Gasteiger partial charge in [-0.3, -0.25) is 4.68 Å². The number of halogens is 2. The molecule has 1 aromatic carbocycles. The van der Waals surface area contributed by atoms with Gasteiger partial charge in [0.1, 0.15) is 5.82 Å². The van der Waals surface area contributed by atoms with E-state index in [-0.39, 0.29) is 5.82 Å². The number of hydrogen-bond donors (Lipinski definition) is 1. The first-order valence-corrected chi connectivity index (χ1v) is 6.07. The molecular formula is C13H15ClFN3. The molecule has 0 aliphatic rings. The van der Waals surface area contributed by atoms with Crippen LogP contribution in [-0.2, 0) is 20.1 Å². The van der Waals surface area contributed by atoms with Crippen molar-refractivity contribution >= 4 is 11.6 Å². The van der Waals surface area contributed by atoms with E-state index in [1.54, 1.807) is 6.07 Å². The van der Waals surface area contributed by atoms with Gasteiger partial charge >= 0.3 is 0 Å². The zero-order chi connectivity index (χ0) is 13.1. The fraction of sp³-hybridized carbons (Fsp3) is 0.308. The molecule has 3 nitrogen and oxygen atoms in total. The molecule has 0 atom stereocenters. The molecule has 0 amide bonds. The Morgan fingerprint density at radius 2 is 2.11 bits per heavy atom. The molecule has 0 aliphatic heterocycles. The fourth-order valence-corrected chi connectivity index (χ4v) is 2.02. The first-order chi connectivity index (χ1) is 8.56. The van der Waals surface area contributed by atoms with Gasteiger partial charge in [0.05, 0.1) is 6.20 Å². The largest absolute Gasteiger partial charge is 0.308 e. The van der Waals surface area contributed by atoms with Crippen LogP contribution in [0.5, 0.6) is 0 Å². The second-order valence-corrected chi connectivity index (χ2v) is 4.70. The van der Waals surface area contributed by atoms with Crippen LogP contribution in [-0.4, -0.2) is 9.78 Å². The molecule has 18 heavy (non-hydrogen) atoms. The summed E-state index contributed by atoms with van der Waals surface area (Å²) in [6.07, 6.45) is 1.83. The van der Waals surface area contributed by atoms with Crippen molar-refractivity contribution in [3.63, 3.8) is 0 Å². The molecule has 0 saturated heterocycles. The standard InChI is InChI=1S/C13H15ClFN3/c1-9-11(8-17-18(9)2)7-16-6-10-3-12(14)5-13(15)4-10/h3-5,8,16H,6-7H2,1-2H3. The zero-order valence-electron chi connectivity index (χ0n) is 10.4. The molecule has 0 bridgehead atoms. The van der Waals surface area contributed by atoms with Crippen molar-refractivity contribution in [1.29, 1.82) is 0 Å². The molecule has 0 unspecified atom stereocenters. The van der Waals surface area contributed by atoms with Crippen molar-refractivity contribution in [1.82, 2.24) is 15.1 Å². The summed E-state index contributed by atoms with van der Waals surface area (Å²) in [6.45, 7) is 3.29. The van der Waals surface area contributed by atoms with Crippen molar-refractivity contribution in [2.24, 2.45) is 7.05 Å². The van der Waals surface area contributed by atoms with Gasteiger partial charge in [0.2, 0.25) is 0 Å². The van der Waals surface area contributed by atoms with E-state index in [1.807, 2.05) is 24.9 Å². The van der Waals surface area contributed by atoms with Crippen LogP contribution in [0, 0.1) is 12.7 Å². The minimum absolute atomic E-state index is 0.308. The van der Waals surface area contributed by atoms with Crippen molar-refractivity contribution in [3.8, 4) is 0 Å². The first-order valence-electron chi connectivity index (χ1n) is 5.69. The molecular weight excluding hydrogens is 253 g/mol. The van der Waals surface area contributed by atoms with Gasteiger partial charge in [0, 0.05) is 36.4 Å². The Bertz CT molecular complexity index is 531. The smallest absolute Gasteiger partial charge is 0.125 e. The number of rotatable bonds is 4. The van der Waals surface area contributed by atoms with E-state index >= 15 is 0 Å². The SMILES string of the molecule is Cc1c(CNCc2cc(F)cc(Cl)c2)cnn1C. The van der Waals surface area contributed by atoms with E-state index in [4.69, 9.17) is 11.6 Å². The maximum absolute atomic E-state index is 13.1. The Labute approximate surface area is 111 Å². The highest BCUT2D eigenvalue weighted by Gasteiger charge is 2.03. The molecule has 96 valence electrons. The summed E-state index contributed by atoms with van der Waals surface area (Å²) in [5, 5.41) is 7.83. The molecule has 0 saturated carbocycles. The third-order valence-corrected chi connectivity index (χ3v) is 3.12. The fourth-order valence-electron chi connectivity index (χ4n) is 1.77. The highest BCUT2D eigenvalue weighted by molar-refractivity contribution is 6.30. The lowest BCUT2D eigenvalue weighted by Gasteiger charge is -2.05. The van der Waals surface area contributed by atoms with E-state index in [9.17, 15) is 4.39 Å². The summed E-state index contributed by atoms with van der Waals surface area (Å²) < 4.78 is 14.9. The molecule has 1 heterocycles. The zero-order valence-corrected chi connectivity index (χ0v) is 11.1. The van der Waals surface area contributed by atoms with E-state index in [0.29, 0.717) is 18.1 Å². The van der Waals surface area contributed by atoms with Crippen molar-refractivity contribution in [2.75, 3.05) is 0 Å². The molecule has 0 aliphatic carbocycles. The number of aryl methyl sites for hydroxylation is 1. The average Bonchev–Trinajstić information content (AvgIpc) is 2.59. The molecule has 2 rings (SSSR count). The van der Waals surface area contributed by atoms with Crippen LogP contribution in [0.1, 0.15) is 16.8 Å². The summed E-state index contributed by atoms with van der Waals surface area (Å²) in [4.78, 5) is 0. The number of nitrogens with one attached hydrogen (secondary N) is 1. The highest BCUT2D eigenvalue weighted by atomic mass is 35.5.